The Kier molecular flexibility index (Phi) is 3.04. The fourth-order valence-electron chi connectivity index (χ4n) is 4.03. The van der Waals surface area contributed by atoms with E-state index >= 15 is 0 Å². The summed E-state index contributed by atoms with van der Waals surface area (Å²) in [6.45, 7) is 2.99. The predicted octanol–water partition coefficient (Wildman–Crippen LogP) is 1.00. The second kappa shape index (κ2) is 4.90. The van der Waals surface area contributed by atoms with Crippen molar-refractivity contribution in [1.82, 2.24) is 10.2 Å². The first-order chi connectivity index (χ1) is 9.79. The molecule has 108 valence electrons. The van der Waals surface area contributed by atoms with Crippen molar-refractivity contribution >= 4 is 5.91 Å². The third-order valence-electron chi connectivity index (χ3n) is 4.94. The van der Waals surface area contributed by atoms with E-state index in [2.05, 4.69) is 10.2 Å². The van der Waals surface area contributed by atoms with Crippen molar-refractivity contribution < 1.29 is 13.9 Å². The molecule has 0 radical (unpaired) electrons. The van der Waals surface area contributed by atoms with Gasteiger partial charge in [0.1, 0.15) is 5.76 Å². The maximum atomic E-state index is 12.0. The van der Waals surface area contributed by atoms with Crippen LogP contribution in [0.3, 0.4) is 0 Å². The summed E-state index contributed by atoms with van der Waals surface area (Å²) in [6, 6.07) is 3.70. The molecule has 0 aromatic carbocycles. The molecular formula is C15H20N2O3. The number of furan rings is 1. The summed E-state index contributed by atoms with van der Waals surface area (Å²) < 4.78 is 11.2. The van der Waals surface area contributed by atoms with E-state index < -0.39 is 0 Å². The third-order valence-corrected chi connectivity index (χ3v) is 4.94. The normalized spacial score (nSPS) is 35.4. The Morgan fingerprint density at radius 2 is 2.05 bits per heavy atom. The van der Waals surface area contributed by atoms with Crippen molar-refractivity contribution in [3.05, 3.63) is 24.2 Å². The van der Waals surface area contributed by atoms with Crippen molar-refractivity contribution in [1.29, 1.82) is 0 Å². The smallest absolute Gasteiger partial charge is 0.234 e. The van der Waals surface area contributed by atoms with E-state index in [0.717, 1.165) is 18.8 Å². The molecule has 0 unspecified atom stereocenters. The van der Waals surface area contributed by atoms with Crippen LogP contribution < -0.4 is 5.32 Å². The molecule has 5 heteroatoms. The Labute approximate surface area is 118 Å². The molecule has 5 nitrogen and oxygen atoms in total. The van der Waals surface area contributed by atoms with Crippen LogP contribution in [-0.4, -0.2) is 42.6 Å². The van der Waals surface area contributed by atoms with Crippen LogP contribution in [0.1, 0.15) is 18.6 Å². The molecule has 4 heterocycles. The lowest BCUT2D eigenvalue weighted by atomic mass is 9.82. The van der Waals surface area contributed by atoms with Crippen LogP contribution in [0.2, 0.25) is 0 Å². The van der Waals surface area contributed by atoms with Crippen LogP contribution in [-0.2, 0) is 16.1 Å². The van der Waals surface area contributed by atoms with Crippen LogP contribution in [0.25, 0.3) is 0 Å². The molecule has 1 aromatic heterocycles. The fraction of sp³-hybridized carbons (Fsp3) is 0.667. The lowest BCUT2D eigenvalue weighted by Gasteiger charge is -2.18. The Bertz CT molecular complexity index is 469. The zero-order valence-electron chi connectivity index (χ0n) is 11.5. The SMILES string of the molecule is O=C(CN1C[C@H]2[C@H](C1)[C@H]1CC[C@H]2O1)NCc1ccco1. The summed E-state index contributed by atoms with van der Waals surface area (Å²) in [5.74, 6) is 2.19. The van der Waals surface area contributed by atoms with Gasteiger partial charge in [-0.3, -0.25) is 9.69 Å². The average molecular weight is 276 g/mol. The molecule has 0 aliphatic carbocycles. The minimum Gasteiger partial charge on any atom is -0.467 e. The highest BCUT2D eigenvalue weighted by Gasteiger charge is 2.52. The number of rotatable bonds is 4. The highest BCUT2D eigenvalue weighted by atomic mass is 16.5. The van der Waals surface area contributed by atoms with E-state index in [1.165, 1.54) is 12.8 Å². The third kappa shape index (κ3) is 2.15. The van der Waals surface area contributed by atoms with E-state index in [1.54, 1.807) is 6.26 Å². The quantitative estimate of drug-likeness (QED) is 0.891. The first kappa shape index (κ1) is 12.4. The molecule has 0 spiro atoms. The summed E-state index contributed by atoms with van der Waals surface area (Å²) in [5, 5.41) is 2.91. The lowest BCUT2D eigenvalue weighted by molar-refractivity contribution is -0.122. The zero-order chi connectivity index (χ0) is 13.5. The minimum atomic E-state index is 0.0784. The fourth-order valence-corrected chi connectivity index (χ4v) is 4.03. The molecule has 4 atom stereocenters. The summed E-state index contributed by atoms with van der Waals surface area (Å²) >= 11 is 0. The van der Waals surface area contributed by atoms with Gasteiger partial charge in [0.25, 0.3) is 0 Å². The highest BCUT2D eigenvalue weighted by molar-refractivity contribution is 5.78. The van der Waals surface area contributed by atoms with Crippen LogP contribution >= 0.6 is 0 Å². The lowest BCUT2D eigenvalue weighted by Crippen LogP contribution is -2.36. The molecule has 1 aromatic rings. The van der Waals surface area contributed by atoms with Gasteiger partial charge in [-0.25, -0.2) is 0 Å². The van der Waals surface area contributed by atoms with Crippen LogP contribution in [0.5, 0.6) is 0 Å². The molecule has 4 rings (SSSR count). The number of ether oxygens (including phenoxy) is 1. The van der Waals surface area contributed by atoms with E-state index in [0.29, 0.717) is 37.1 Å². The molecule has 1 N–H and O–H groups in total. The summed E-state index contributed by atoms with van der Waals surface area (Å²) in [6.07, 6.45) is 4.97. The van der Waals surface area contributed by atoms with E-state index in [9.17, 15) is 4.79 Å². The second-order valence-corrected chi connectivity index (χ2v) is 6.17. The maximum Gasteiger partial charge on any atom is 0.234 e. The van der Waals surface area contributed by atoms with Crippen LogP contribution in [0.4, 0.5) is 0 Å². The van der Waals surface area contributed by atoms with Gasteiger partial charge in [0.2, 0.25) is 5.91 Å². The zero-order valence-corrected chi connectivity index (χ0v) is 11.5. The molecule has 3 fully saturated rings. The minimum absolute atomic E-state index is 0.0784. The Morgan fingerprint density at radius 3 is 2.70 bits per heavy atom. The molecule has 3 saturated heterocycles. The van der Waals surface area contributed by atoms with Gasteiger partial charge in [0.15, 0.2) is 0 Å². The second-order valence-electron chi connectivity index (χ2n) is 6.17. The highest BCUT2D eigenvalue weighted by Crippen LogP contribution is 2.46. The monoisotopic (exact) mass is 276 g/mol. The molecular weight excluding hydrogens is 256 g/mol. The predicted molar refractivity (Wildman–Crippen MR) is 71.9 cm³/mol. The standard InChI is InChI=1S/C15H20N2O3/c18-15(16-6-10-2-1-5-19-10)9-17-7-11-12(8-17)14-4-3-13(11)20-14/h1-2,5,11-14H,3-4,6-9H2,(H,16,18)/t11-,12-,13+,14+/m0/s1. The number of nitrogens with zero attached hydrogens (tertiary/aromatic N) is 1. The number of likely N-dealkylation sites (tertiary alicyclic amines) is 1. The van der Waals surface area contributed by atoms with Gasteiger partial charge in [-0.2, -0.15) is 0 Å². The number of nitrogens with one attached hydrogen (secondary N) is 1. The van der Waals surface area contributed by atoms with Gasteiger partial charge in [-0.15, -0.1) is 0 Å². The van der Waals surface area contributed by atoms with E-state index in [-0.39, 0.29) is 5.91 Å². The topological polar surface area (TPSA) is 54.7 Å². The van der Waals surface area contributed by atoms with Crippen molar-refractivity contribution in [2.24, 2.45) is 11.8 Å². The van der Waals surface area contributed by atoms with Gasteiger partial charge in [-0.1, -0.05) is 0 Å². The van der Waals surface area contributed by atoms with Gasteiger partial charge >= 0.3 is 0 Å². The summed E-state index contributed by atoms with van der Waals surface area (Å²) in [7, 11) is 0. The number of fused-ring (bicyclic) bond motifs is 5. The molecule has 1 amide bonds. The van der Waals surface area contributed by atoms with E-state index in [4.69, 9.17) is 9.15 Å². The van der Waals surface area contributed by atoms with Crippen molar-refractivity contribution in [3.8, 4) is 0 Å². The van der Waals surface area contributed by atoms with Crippen molar-refractivity contribution in [3.63, 3.8) is 0 Å². The number of hydrogen-bond donors (Lipinski definition) is 1. The molecule has 20 heavy (non-hydrogen) atoms. The molecule has 3 aliphatic heterocycles. The van der Waals surface area contributed by atoms with E-state index in [1.807, 2.05) is 12.1 Å². The number of amides is 1. The Morgan fingerprint density at radius 1 is 1.30 bits per heavy atom. The molecule has 2 bridgehead atoms. The van der Waals surface area contributed by atoms with Gasteiger partial charge in [0.05, 0.1) is 31.6 Å². The van der Waals surface area contributed by atoms with Crippen molar-refractivity contribution in [2.75, 3.05) is 19.6 Å². The number of carbonyl (C=O) groups excluding carboxylic acids is 1. The first-order valence-electron chi connectivity index (χ1n) is 7.46. The molecule has 0 saturated carbocycles. The number of carbonyl (C=O) groups is 1. The van der Waals surface area contributed by atoms with Gasteiger partial charge < -0.3 is 14.5 Å². The number of hydrogen-bond acceptors (Lipinski definition) is 4. The van der Waals surface area contributed by atoms with Crippen molar-refractivity contribution in [2.45, 2.75) is 31.6 Å². The Hall–Kier alpha value is -1.33. The first-order valence-corrected chi connectivity index (χ1v) is 7.46. The summed E-state index contributed by atoms with van der Waals surface area (Å²) in [4.78, 5) is 14.2. The van der Waals surface area contributed by atoms with Crippen LogP contribution in [0, 0.1) is 11.8 Å². The van der Waals surface area contributed by atoms with Crippen LogP contribution in [0.15, 0.2) is 22.8 Å². The maximum absolute atomic E-state index is 12.0. The summed E-state index contributed by atoms with van der Waals surface area (Å²) in [5.41, 5.74) is 0. The average Bonchev–Trinajstić information content (AvgIpc) is 3.18. The molecule has 3 aliphatic rings. The Balaban J connectivity index is 1.27. The largest absolute Gasteiger partial charge is 0.467 e. The van der Waals surface area contributed by atoms with Gasteiger partial charge in [0, 0.05) is 24.9 Å². The van der Waals surface area contributed by atoms with Gasteiger partial charge in [-0.05, 0) is 25.0 Å².